The van der Waals surface area contributed by atoms with E-state index >= 15 is 0 Å². The minimum absolute atomic E-state index is 0. The fourth-order valence-electron chi connectivity index (χ4n) is 1.77. The van der Waals surface area contributed by atoms with Gasteiger partial charge >= 0.3 is 0 Å². The molecule has 0 aliphatic heterocycles. The van der Waals surface area contributed by atoms with Crippen LogP contribution in [0.2, 0.25) is 0 Å². The average Bonchev–Trinajstić information content (AvgIpc) is 2.02. The van der Waals surface area contributed by atoms with Crippen LogP contribution in [0.1, 0.15) is 54.4 Å². The van der Waals surface area contributed by atoms with Crippen LogP contribution in [0.15, 0.2) is 4.99 Å². The molecule has 2 nitrogen and oxygen atoms in total. The molecule has 15 heavy (non-hydrogen) atoms. The van der Waals surface area contributed by atoms with E-state index < -0.39 is 5.60 Å². The summed E-state index contributed by atoms with van der Waals surface area (Å²) in [6.45, 7) is 12.2. The predicted molar refractivity (Wildman–Crippen MR) is 62.9 cm³/mol. The quantitative estimate of drug-likeness (QED) is 0.740. The minimum atomic E-state index is -0.709. The summed E-state index contributed by atoms with van der Waals surface area (Å²) in [7, 11) is 0. The average molecular weight is 372 g/mol. The number of rotatable bonds is 5. The van der Waals surface area contributed by atoms with Crippen LogP contribution < -0.4 is 0 Å². The molecule has 0 saturated heterocycles. The summed E-state index contributed by atoms with van der Waals surface area (Å²) in [6.07, 6.45) is 1.78. The zero-order valence-electron chi connectivity index (χ0n) is 10.7. The smallest absolute Gasteiger partial charge is 0.104 e. The molecular weight excluding hydrogens is 347 g/mol. The van der Waals surface area contributed by atoms with E-state index in [0.717, 1.165) is 18.6 Å². The Hall–Kier alpha value is 1.15. The molecule has 0 rings (SSSR count). The van der Waals surface area contributed by atoms with Crippen molar-refractivity contribution in [2.45, 2.75) is 66.0 Å². The number of aliphatic imine (C=N–C) groups is 1. The Bertz CT molecular complexity index is 202. The van der Waals surface area contributed by atoms with Gasteiger partial charge in [-0.3, -0.25) is 4.99 Å². The third kappa shape index (κ3) is 5.86. The van der Waals surface area contributed by atoms with Crippen LogP contribution in [0, 0.1) is 52.8 Å². The fraction of sp³-hybridized carbons (Fsp3) is 0.917. The van der Waals surface area contributed by atoms with Crippen LogP contribution in [0.3, 0.4) is 0 Å². The summed E-state index contributed by atoms with van der Waals surface area (Å²) >= 11 is 0. The summed E-state index contributed by atoms with van der Waals surface area (Å²) in [5.41, 5.74) is 0.170. The number of aliphatic hydroxyl groups is 1. The van der Waals surface area contributed by atoms with E-state index in [1.165, 1.54) is 0 Å². The minimum Gasteiger partial charge on any atom is -0.384 e. The van der Waals surface area contributed by atoms with E-state index in [4.69, 9.17) is 0 Å². The van der Waals surface area contributed by atoms with Crippen LogP contribution in [0.4, 0.5) is 0 Å². The van der Waals surface area contributed by atoms with E-state index in [9.17, 15) is 5.11 Å². The van der Waals surface area contributed by atoms with Gasteiger partial charge in [0.25, 0.3) is 0 Å². The summed E-state index contributed by atoms with van der Waals surface area (Å²) in [5.74, 6) is 0.227. The monoisotopic (exact) mass is 373 g/mol. The second kappa shape index (κ2) is 8.27. The number of hydrogen-bond donors (Lipinski definition) is 1. The van der Waals surface area contributed by atoms with E-state index in [2.05, 4.69) is 25.8 Å². The third-order valence-electron chi connectivity index (χ3n) is 2.66. The fourth-order valence-corrected chi connectivity index (χ4v) is 1.77. The first-order valence-electron chi connectivity index (χ1n) is 5.61. The Balaban J connectivity index is 0. The molecule has 0 aliphatic carbocycles. The SMILES string of the molecule is CCCC(O)(C(C)=NC(C)C)C(C)C.[Yb]. The largest absolute Gasteiger partial charge is 0.384 e. The molecule has 0 spiro atoms. The van der Waals surface area contributed by atoms with Gasteiger partial charge in [-0.2, -0.15) is 0 Å². The van der Waals surface area contributed by atoms with Crippen LogP contribution in [-0.2, 0) is 0 Å². The Morgan fingerprint density at radius 1 is 1.27 bits per heavy atom. The molecule has 3 heteroatoms. The zero-order valence-corrected chi connectivity index (χ0v) is 12.4. The topological polar surface area (TPSA) is 32.6 Å². The summed E-state index contributed by atoms with van der Waals surface area (Å²) in [4.78, 5) is 4.46. The van der Waals surface area contributed by atoms with Gasteiger partial charge in [-0.15, -0.1) is 0 Å². The summed E-state index contributed by atoms with van der Waals surface area (Å²) < 4.78 is 0. The van der Waals surface area contributed by atoms with Crippen molar-refractivity contribution < 1.29 is 52.0 Å². The van der Waals surface area contributed by atoms with E-state index in [1.54, 1.807) is 0 Å². The van der Waals surface area contributed by atoms with Gasteiger partial charge in [-0.25, -0.2) is 0 Å². The van der Waals surface area contributed by atoms with Gasteiger partial charge < -0.3 is 5.11 Å². The van der Waals surface area contributed by atoms with E-state index in [1.807, 2.05) is 20.8 Å². The van der Waals surface area contributed by atoms with Gasteiger partial charge in [0.2, 0.25) is 0 Å². The zero-order chi connectivity index (χ0) is 11.4. The van der Waals surface area contributed by atoms with Gasteiger partial charge in [0, 0.05) is 58.7 Å². The molecule has 0 amide bonds. The van der Waals surface area contributed by atoms with Crippen molar-refractivity contribution in [3.8, 4) is 0 Å². The Kier molecular flexibility index (Phi) is 10.2. The molecule has 0 aromatic heterocycles. The van der Waals surface area contributed by atoms with Crippen molar-refractivity contribution in [1.29, 1.82) is 0 Å². The molecule has 0 heterocycles. The van der Waals surface area contributed by atoms with Gasteiger partial charge in [0.05, 0.1) is 0 Å². The maximum Gasteiger partial charge on any atom is 0.104 e. The Morgan fingerprint density at radius 2 is 1.73 bits per heavy atom. The van der Waals surface area contributed by atoms with Crippen molar-refractivity contribution in [3.63, 3.8) is 0 Å². The van der Waals surface area contributed by atoms with Crippen molar-refractivity contribution in [3.05, 3.63) is 0 Å². The third-order valence-corrected chi connectivity index (χ3v) is 2.66. The first-order chi connectivity index (χ1) is 6.34. The van der Waals surface area contributed by atoms with Gasteiger partial charge in [0.1, 0.15) is 5.60 Å². The molecule has 0 saturated carbocycles. The van der Waals surface area contributed by atoms with E-state index in [0.29, 0.717) is 0 Å². The van der Waals surface area contributed by atoms with E-state index in [-0.39, 0.29) is 58.9 Å². The molecular formula is C12H25NOYb. The van der Waals surface area contributed by atoms with Crippen molar-refractivity contribution in [2.75, 3.05) is 0 Å². The molecule has 0 fully saturated rings. The van der Waals surface area contributed by atoms with Crippen LogP contribution >= 0.6 is 0 Å². The second-order valence-corrected chi connectivity index (χ2v) is 4.64. The van der Waals surface area contributed by atoms with Gasteiger partial charge in [-0.05, 0) is 33.1 Å². The maximum absolute atomic E-state index is 10.5. The van der Waals surface area contributed by atoms with Crippen LogP contribution in [-0.4, -0.2) is 22.5 Å². The summed E-state index contributed by atoms with van der Waals surface area (Å²) in [6, 6.07) is 0.261. The van der Waals surface area contributed by atoms with Crippen molar-refractivity contribution >= 4 is 5.71 Å². The Labute approximate surface area is 133 Å². The van der Waals surface area contributed by atoms with Gasteiger partial charge in [-0.1, -0.05) is 27.2 Å². The molecule has 0 aromatic carbocycles. The molecule has 0 aliphatic rings. The van der Waals surface area contributed by atoms with Crippen molar-refractivity contribution in [1.82, 2.24) is 0 Å². The Morgan fingerprint density at radius 3 is 2.00 bits per heavy atom. The molecule has 0 radical (unpaired) electrons. The molecule has 1 N–H and O–H groups in total. The second-order valence-electron chi connectivity index (χ2n) is 4.64. The first-order valence-corrected chi connectivity index (χ1v) is 5.61. The molecule has 1 unspecified atom stereocenters. The summed E-state index contributed by atoms with van der Waals surface area (Å²) in [5, 5.41) is 10.5. The van der Waals surface area contributed by atoms with Crippen LogP contribution in [0.5, 0.6) is 0 Å². The predicted octanol–water partition coefficient (Wildman–Crippen LogP) is 3.04. The molecule has 1 atom stereocenters. The number of nitrogens with zero attached hydrogens (tertiary/aromatic N) is 1. The normalized spacial score (nSPS) is 16.5. The first kappa shape index (κ1) is 18.5. The van der Waals surface area contributed by atoms with Crippen molar-refractivity contribution in [2.24, 2.45) is 10.9 Å². The molecule has 98 valence electrons. The molecule has 0 aromatic rings. The van der Waals surface area contributed by atoms with Crippen LogP contribution in [0.25, 0.3) is 0 Å². The number of hydrogen-bond acceptors (Lipinski definition) is 2. The van der Waals surface area contributed by atoms with Gasteiger partial charge in [0.15, 0.2) is 0 Å². The molecule has 0 bridgehead atoms. The maximum atomic E-state index is 10.5. The standard InChI is InChI=1S/C12H25NO.Yb/c1-7-8-12(14,9(2)3)11(6)13-10(4)5;/h9-10,14H,7-8H2,1-6H3;.